The Morgan fingerprint density at radius 1 is 1.40 bits per heavy atom. The minimum atomic E-state index is -0.218. The van der Waals surface area contributed by atoms with Crippen LogP contribution in [0.4, 0.5) is 0 Å². The molecule has 0 bridgehead atoms. The van der Waals surface area contributed by atoms with E-state index in [0.717, 1.165) is 17.1 Å². The van der Waals surface area contributed by atoms with Crippen LogP contribution in [0.15, 0.2) is 35.7 Å². The highest BCUT2D eigenvalue weighted by Crippen LogP contribution is 2.15. The summed E-state index contributed by atoms with van der Waals surface area (Å²) in [4.78, 5) is 16.2. The Balaban J connectivity index is 1.91. The smallest absolute Gasteiger partial charge is 0.226 e. The molecule has 0 aliphatic rings. The van der Waals surface area contributed by atoms with E-state index in [2.05, 4.69) is 22.4 Å². The summed E-state index contributed by atoms with van der Waals surface area (Å²) in [5.41, 5.74) is 2.00. The van der Waals surface area contributed by atoms with Crippen LogP contribution >= 0.6 is 11.3 Å². The molecule has 1 unspecified atom stereocenters. The summed E-state index contributed by atoms with van der Waals surface area (Å²) in [5, 5.41) is 14.5. The summed E-state index contributed by atoms with van der Waals surface area (Å²) >= 11 is 1.57. The number of hydrogen-bond donors (Lipinski definition) is 2. The molecule has 0 saturated carbocycles. The van der Waals surface area contributed by atoms with Crippen LogP contribution in [0.2, 0.25) is 0 Å². The van der Waals surface area contributed by atoms with Gasteiger partial charge in [-0.25, -0.2) is 4.98 Å². The zero-order valence-electron chi connectivity index (χ0n) is 11.4. The lowest BCUT2D eigenvalue weighted by atomic mass is 10.2. The molecule has 1 atom stereocenters. The van der Waals surface area contributed by atoms with E-state index in [0.29, 0.717) is 0 Å². The van der Waals surface area contributed by atoms with Crippen LogP contribution in [0, 0.1) is 0 Å². The highest BCUT2D eigenvalue weighted by Gasteiger charge is 2.10. The largest absolute Gasteiger partial charge is 0.394 e. The molecule has 2 aromatic rings. The summed E-state index contributed by atoms with van der Waals surface area (Å²) in [6.45, 7) is 1.71. The van der Waals surface area contributed by atoms with Crippen LogP contribution in [0.3, 0.4) is 0 Å². The Morgan fingerprint density at radius 2 is 2.15 bits per heavy atom. The van der Waals surface area contributed by atoms with Gasteiger partial charge in [-0.05, 0) is 12.5 Å². The van der Waals surface area contributed by atoms with Gasteiger partial charge in [-0.2, -0.15) is 0 Å². The normalized spacial score (nSPS) is 12.1. The third-order valence-corrected chi connectivity index (χ3v) is 3.72. The maximum Gasteiger partial charge on any atom is 0.226 e. The first-order valence-corrected chi connectivity index (χ1v) is 7.42. The number of nitrogens with one attached hydrogen (secondary N) is 1. The molecule has 20 heavy (non-hydrogen) atoms. The van der Waals surface area contributed by atoms with Crippen molar-refractivity contribution in [1.82, 2.24) is 10.3 Å². The Hall–Kier alpha value is -1.72. The number of carbonyl (C=O) groups excluding carboxylic acids is 1. The van der Waals surface area contributed by atoms with E-state index in [1.807, 2.05) is 23.6 Å². The molecule has 2 rings (SSSR count). The molecule has 0 fully saturated rings. The van der Waals surface area contributed by atoms with E-state index in [-0.39, 0.29) is 25.0 Å². The van der Waals surface area contributed by atoms with Gasteiger partial charge in [0.1, 0.15) is 0 Å². The average molecular weight is 290 g/mol. The molecule has 4 nitrogen and oxygen atoms in total. The minimum Gasteiger partial charge on any atom is -0.394 e. The number of aliphatic hydroxyl groups is 1. The third-order valence-electron chi connectivity index (χ3n) is 2.82. The molecule has 1 heterocycles. The maximum absolute atomic E-state index is 11.7. The topological polar surface area (TPSA) is 62.2 Å². The van der Waals surface area contributed by atoms with Gasteiger partial charge in [0.25, 0.3) is 0 Å². The van der Waals surface area contributed by atoms with Crippen molar-refractivity contribution in [2.45, 2.75) is 25.8 Å². The molecule has 0 aliphatic heterocycles. The number of rotatable bonds is 6. The second-order valence-corrected chi connectivity index (χ2v) is 5.67. The molecule has 0 aliphatic carbocycles. The number of benzene rings is 1. The Labute approximate surface area is 122 Å². The molecule has 5 heteroatoms. The number of thiazole rings is 1. The predicted octanol–water partition coefficient (Wildman–Crippen LogP) is 1.77. The van der Waals surface area contributed by atoms with E-state index in [1.165, 1.54) is 5.56 Å². The number of nitrogens with zero attached hydrogens (tertiary/aromatic N) is 1. The summed E-state index contributed by atoms with van der Waals surface area (Å²) in [6, 6.07) is 9.92. The summed E-state index contributed by atoms with van der Waals surface area (Å²) < 4.78 is 0. The SMILES string of the molecule is CC(CO)NC(=O)Cc1csc(Cc2ccccc2)n1. The van der Waals surface area contributed by atoms with E-state index >= 15 is 0 Å². The van der Waals surface area contributed by atoms with Gasteiger partial charge in [0, 0.05) is 17.8 Å². The zero-order chi connectivity index (χ0) is 14.4. The molecule has 0 spiro atoms. The molecular formula is C15H18N2O2S. The first-order chi connectivity index (χ1) is 9.67. The molecule has 2 N–H and O–H groups in total. The van der Waals surface area contributed by atoms with E-state index in [9.17, 15) is 4.79 Å². The van der Waals surface area contributed by atoms with Gasteiger partial charge in [-0.1, -0.05) is 30.3 Å². The predicted molar refractivity (Wildman–Crippen MR) is 79.8 cm³/mol. The Morgan fingerprint density at radius 3 is 2.85 bits per heavy atom. The second-order valence-electron chi connectivity index (χ2n) is 4.72. The highest BCUT2D eigenvalue weighted by atomic mass is 32.1. The van der Waals surface area contributed by atoms with Gasteiger partial charge in [-0.15, -0.1) is 11.3 Å². The summed E-state index contributed by atoms with van der Waals surface area (Å²) in [6.07, 6.45) is 1.05. The van der Waals surface area contributed by atoms with Gasteiger partial charge in [0.15, 0.2) is 0 Å². The van der Waals surface area contributed by atoms with Gasteiger partial charge < -0.3 is 10.4 Å². The fourth-order valence-electron chi connectivity index (χ4n) is 1.82. The van der Waals surface area contributed by atoms with Crippen molar-refractivity contribution < 1.29 is 9.90 Å². The quantitative estimate of drug-likeness (QED) is 0.852. The number of aromatic nitrogens is 1. The lowest BCUT2D eigenvalue weighted by molar-refractivity contribution is -0.121. The lowest BCUT2D eigenvalue weighted by Gasteiger charge is -2.09. The molecule has 0 saturated heterocycles. The van der Waals surface area contributed by atoms with Crippen molar-refractivity contribution in [3.63, 3.8) is 0 Å². The van der Waals surface area contributed by atoms with E-state index < -0.39 is 0 Å². The van der Waals surface area contributed by atoms with Crippen molar-refractivity contribution in [2.24, 2.45) is 0 Å². The number of hydrogen-bond acceptors (Lipinski definition) is 4. The van der Waals surface area contributed by atoms with Crippen LogP contribution in [0.1, 0.15) is 23.2 Å². The van der Waals surface area contributed by atoms with Crippen molar-refractivity contribution in [1.29, 1.82) is 0 Å². The highest BCUT2D eigenvalue weighted by molar-refractivity contribution is 7.09. The van der Waals surface area contributed by atoms with Gasteiger partial charge in [0.2, 0.25) is 5.91 Å². The van der Waals surface area contributed by atoms with Crippen molar-refractivity contribution in [3.05, 3.63) is 52.0 Å². The minimum absolute atomic E-state index is 0.0535. The zero-order valence-corrected chi connectivity index (χ0v) is 12.2. The number of amides is 1. The van der Waals surface area contributed by atoms with Crippen LogP contribution in [0.5, 0.6) is 0 Å². The molecule has 106 valence electrons. The van der Waals surface area contributed by atoms with Gasteiger partial charge in [-0.3, -0.25) is 4.79 Å². The second kappa shape index (κ2) is 7.17. The first-order valence-electron chi connectivity index (χ1n) is 6.55. The fraction of sp³-hybridized carbons (Fsp3) is 0.333. The number of aliphatic hydroxyl groups excluding tert-OH is 1. The van der Waals surface area contributed by atoms with Crippen molar-refractivity contribution in [3.8, 4) is 0 Å². The monoisotopic (exact) mass is 290 g/mol. The first kappa shape index (κ1) is 14.7. The van der Waals surface area contributed by atoms with E-state index in [1.54, 1.807) is 18.3 Å². The third kappa shape index (κ3) is 4.43. The fourth-order valence-corrected chi connectivity index (χ4v) is 2.65. The van der Waals surface area contributed by atoms with E-state index in [4.69, 9.17) is 5.11 Å². The molecule has 1 amide bonds. The molecule has 1 aromatic carbocycles. The van der Waals surface area contributed by atoms with Crippen LogP contribution < -0.4 is 5.32 Å². The molecular weight excluding hydrogens is 272 g/mol. The van der Waals surface area contributed by atoms with Crippen LogP contribution in [-0.4, -0.2) is 28.6 Å². The lowest BCUT2D eigenvalue weighted by Crippen LogP contribution is -2.36. The van der Waals surface area contributed by atoms with Gasteiger partial charge >= 0.3 is 0 Å². The van der Waals surface area contributed by atoms with Crippen LogP contribution in [-0.2, 0) is 17.6 Å². The maximum atomic E-state index is 11.7. The van der Waals surface area contributed by atoms with Crippen LogP contribution in [0.25, 0.3) is 0 Å². The Kier molecular flexibility index (Phi) is 5.26. The van der Waals surface area contributed by atoms with Crippen molar-refractivity contribution in [2.75, 3.05) is 6.61 Å². The average Bonchev–Trinajstić information content (AvgIpc) is 2.86. The molecule has 1 aromatic heterocycles. The standard InChI is InChI=1S/C15H18N2O2S/c1-11(9-18)16-14(19)8-13-10-20-15(17-13)7-12-5-3-2-4-6-12/h2-6,10-11,18H,7-9H2,1H3,(H,16,19). The summed E-state index contributed by atoms with van der Waals surface area (Å²) in [5.74, 6) is -0.108. The molecule has 0 radical (unpaired) electrons. The summed E-state index contributed by atoms with van der Waals surface area (Å²) in [7, 11) is 0. The Bertz CT molecular complexity index is 554. The van der Waals surface area contributed by atoms with Crippen molar-refractivity contribution >= 4 is 17.2 Å². The number of carbonyl (C=O) groups is 1. The van der Waals surface area contributed by atoms with Gasteiger partial charge in [0.05, 0.1) is 23.7 Å².